The molecule has 2 heterocycles. The lowest BCUT2D eigenvalue weighted by Crippen LogP contribution is -2.48. The van der Waals surface area contributed by atoms with Crippen LogP contribution in [0.3, 0.4) is 0 Å². The number of piperazine rings is 1. The summed E-state index contributed by atoms with van der Waals surface area (Å²) in [6.45, 7) is 10.5. The maximum atomic E-state index is 14.4. The second kappa shape index (κ2) is 13.0. The molecular formula is C31H40F2N6O. The lowest BCUT2D eigenvalue weighted by Gasteiger charge is -2.34. The zero-order valence-corrected chi connectivity index (χ0v) is 23.5. The Hall–Kier alpha value is -3.14. The van der Waals surface area contributed by atoms with Gasteiger partial charge in [-0.25, -0.2) is 13.8 Å². The van der Waals surface area contributed by atoms with Crippen LogP contribution in [0, 0.1) is 11.6 Å². The Morgan fingerprint density at radius 1 is 1.10 bits per heavy atom. The first-order chi connectivity index (χ1) is 19.4. The molecule has 0 spiro atoms. The van der Waals surface area contributed by atoms with E-state index < -0.39 is 17.7 Å². The number of fused-ring (bicyclic) bond motifs is 1. The van der Waals surface area contributed by atoms with Gasteiger partial charge in [-0.15, -0.1) is 0 Å². The smallest absolute Gasteiger partial charge is 0.242 e. The van der Waals surface area contributed by atoms with Crippen molar-refractivity contribution in [1.82, 2.24) is 24.7 Å². The highest BCUT2D eigenvalue weighted by atomic mass is 19.1. The van der Waals surface area contributed by atoms with Crippen LogP contribution in [-0.4, -0.2) is 70.1 Å². The van der Waals surface area contributed by atoms with Gasteiger partial charge in [0, 0.05) is 44.8 Å². The standard InChI is InChI=1S/C31H40F2N6O/c1-3-7-28(35-25-11-10-22-16-24(32)17-27(33)26(22)18-25)31(40)36-30-20-39(21-34-30)29-9-6-5-8-23(29)19-38-14-12-37(4-2)13-15-38/h5-6,8-9,16-17,20-21,25,28,35H,3-4,7,10-15,18-19H2,1-2H3,(H,36,40)/t25-,28?/m0/s1. The fraction of sp³-hybridized carbons (Fsp3) is 0.484. The third-order valence-corrected chi connectivity index (χ3v) is 8.21. The van der Waals surface area contributed by atoms with Crippen molar-refractivity contribution in [3.05, 3.63) is 77.2 Å². The molecule has 0 bridgehead atoms. The van der Waals surface area contributed by atoms with Gasteiger partial charge in [0.15, 0.2) is 5.82 Å². The molecule has 2 atom stereocenters. The third-order valence-electron chi connectivity index (χ3n) is 8.21. The number of hydrogen-bond donors (Lipinski definition) is 2. The zero-order valence-electron chi connectivity index (χ0n) is 23.5. The zero-order chi connectivity index (χ0) is 28.1. The Kier molecular flexibility index (Phi) is 9.24. The summed E-state index contributed by atoms with van der Waals surface area (Å²) < 4.78 is 30.0. The van der Waals surface area contributed by atoms with E-state index in [4.69, 9.17) is 0 Å². The topological polar surface area (TPSA) is 65.4 Å². The Morgan fingerprint density at radius 2 is 1.88 bits per heavy atom. The summed E-state index contributed by atoms with van der Waals surface area (Å²) >= 11 is 0. The summed E-state index contributed by atoms with van der Waals surface area (Å²) in [5, 5.41) is 6.43. The number of amides is 1. The number of likely N-dealkylation sites (N-methyl/N-ethyl adjacent to an activating group) is 1. The number of anilines is 1. The number of aryl methyl sites for hydroxylation is 1. The molecule has 3 aromatic rings. The lowest BCUT2D eigenvalue weighted by atomic mass is 9.87. The van der Waals surface area contributed by atoms with Crippen LogP contribution in [0.15, 0.2) is 48.9 Å². The predicted octanol–water partition coefficient (Wildman–Crippen LogP) is 4.54. The molecule has 2 aliphatic rings. The van der Waals surface area contributed by atoms with E-state index in [2.05, 4.69) is 50.5 Å². The fourth-order valence-corrected chi connectivity index (χ4v) is 5.93. The van der Waals surface area contributed by atoms with Gasteiger partial charge < -0.3 is 20.1 Å². The number of carbonyl (C=O) groups excluding carboxylic acids is 1. The van der Waals surface area contributed by atoms with Crippen molar-refractivity contribution < 1.29 is 13.6 Å². The Balaban J connectivity index is 1.22. The first kappa shape index (κ1) is 28.4. The van der Waals surface area contributed by atoms with Crippen molar-refractivity contribution in [2.75, 3.05) is 38.0 Å². The van der Waals surface area contributed by atoms with Gasteiger partial charge in [-0.3, -0.25) is 9.69 Å². The van der Waals surface area contributed by atoms with E-state index >= 15 is 0 Å². The van der Waals surface area contributed by atoms with Gasteiger partial charge in [-0.05, 0) is 61.1 Å². The largest absolute Gasteiger partial charge is 0.308 e. The summed E-state index contributed by atoms with van der Waals surface area (Å²) in [6.07, 6.45) is 6.82. The van der Waals surface area contributed by atoms with E-state index in [-0.39, 0.29) is 11.9 Å². The molecule has 5 rings (SSSR count). The van der Waals surface area contributed by atoms with Crippen molar-refractivity contribution in [3.63, 3.8) is 0 Å². The molecule has 0 radical (unpaired) electrons. The third kappa shape index (κ3) is 6.77. The maximum Gasteiger partial charge on any atom is 0.242 e. The molecule has 2 aromatic carbocycles. The molecule has 1 saturated heterocycles. The molecule has 9 heteroatoms. The number of nitrogens with zero attached hydrogens (tertiary/aromatic N) is 4. The Morgan fingerprint density at radius 3 is 2.65 bits per heavy atom. The van der Waals surface area contributed by atoms with Crippen LogP contribution in [0.2, 0.25) is 0 Å². The van der Waals surface area contributed by atoms with E-state index in [9.17, 15) is 13.6 Å². The normalized spacial score (nSPS) is 18.9. The van der Waals surface area contributed by atoms with Crippen LogP contribution in [0.4, 0.5) is 14.6 Å². The average molecular weight is 551 g/mol. The highest BCUT2D eigenvalue weighted by Gasteiger charge is 2.27. The predicted molar refractivity (Wildman–Crippen MR) is 154 cm³/mol. The minimum atomic E-state index is -0.539. The molecule has 1 aliphatic carbocycles. The number of hydrogen-bond acceptors (Lipinski definition) is 5. The number of carbonyl (C=O) groups is 1. The highest BCUT2D eigenvalue weighted by Crippen LogP contribution is 2.26. The summed E-state index contributed by atoms with van der Waals surface area (Å²) in [5.41, 5.74) is 3.54. The second-order valence-electron chi connectivity index (χ2n) is 11.0. The van der Waals surface area contributed by atoms with Crippen LogP contribution < -0.4 is 10.6 Å². The van der Waals surface area contributed by atoms with Gasteiger partial charge in [0.2, 0.25) is 5.91 Å². The minimum Gasteiger partial charge on any atom is -0.308 e. The average Bonchev–Trinajstić information content (AvgIpc) is 3.42. The molecule has 7 nitrogen and oxygen atoms in total. The van der Waals surface area contributed by atoms with E-state index in [1.54, 1.807) is 6.33 Å². The quantitative estimate of drug-likeness (QED) is 0.388. The molecule has 1 aliphatic heterocycles. The highest BCUT2D eigenvalue weighted by molar-refractivity contribution is 5.94. The monoisotopic (exact) mass is 550 g/mol. The number of imidazole rings is 1. The number of para-hydroxylation sites is 1. The first-order valence-corrected chi connectivity index (χ1v) is 14.5. The molecule has 1 amide bonds. The van der Waals surface area contributed by atoms with Crippen LogP contribution in [-0.2, 0) is 24.2 Å². The second-order valence-corrected chi connectivity index (χ2v) is 11.0. The molecule has 1 fully saturated rings. The minimum absolute atomic E-state index is 0.0570. The van der Waals surface area contributed by atoms with E-state index in [0.717, 1.165) is 69.4 Å². The molecule has 1 aromatic heterocycles. The van der Waals surface area contributed by atoms with Gasteiger partial charge in [0.1, 0.15) is 18.0 Å². The van der Waals surface area contributed by atoms with Crippen molar-refractivity contribution in [2.24, 2.45) is 0 Å². The SMILES string of the molecule is CCCC(N[C@H]1CCc2cc(F)cc(F)c2C1)C(=O)Nc1cn(-c2ccccc2CN2CCN(CC)CC2)cn1. The summed E-state index contributed by atoms with van der Waals surface area (Å²) in [7, 11) is 0. The van der Waals surface area contributed by atoms with Gasteiger partial charge >= 0.3 is 0 Å². The summed E-state index contributed by atoms with van der Waals surface area (Å²) in [4.78, 5) is 22.7. The van der Waals surface area contributed by atoms with Gasteiger partial charge in [-0.2, -0.15) is 0 Å². The molecule has 214 valence electrons. The first-order valence-electron chi connectivity index (χ1n) is 14.5. The molecule has 0 saturated carbocycles. The van der Waals surface area contributed by atoms with Crippen LogP contribution in [0.25, 0.3) is 5.69 Å². The number of aromatic nitrogens is 2. The van der Waals surface area contributed by atoms with Crippen LogP contribution in [0.1, 0.15) is 49.8 Å². The van der Waals surface area contributed by atoms with Crippen LogP contribution in [0.5, 0.6) is 0 Å². The van der Waals surface area contributed by atoms with Crippen molar-refractivity contribution in [2.45, 2.75) is 64.6 Å². The van der Waals surface area contributed by atoms with Gasteiger partial charge in [0.25, 0.3) is 0 Å². The number of rotatable bonds is 10. The van der Waals surface area contributed by atoms with Gasteiger partial charge in [0.05, 0.1) is 17.9 Å². The van der Waals surface area contributed by atoms with Gasteiger partial charge in [-0.1, -0.05) is 38.5 Å². The van der Waals surface area contributed by atoms with E-state index in [1.807, 2.05) is 23.8 Å². The lowest BCUT2D eigenvalue weighted by molar-refractivity contribution is -0.118. The van der Waals surface area contributed by atoms with E-state index in [0.29, 0.717) is 30.6 Å². The fourth-order valence-electron chi connectivity index (χ4n) is 5.93. The number of nitrogens with one attached hydrogen (secondary N) is 2. The van der Waals surface area contributed by atoms with Crippen molar-refractivity contribution >= 4 is 11.7 Å². The number of benzene rings is 2. The molecular weight excluding hydrogens is 510 g/mol. The number of halogens is 2. The molecule has 2 N–H and O–H groups in total. The van der Waals surface area contributed by atoms with Crippen molar-refractivity contribution in [3.8, 4) is 5.69 Å². The summed E-state index contributed by atoms with van der Waals surface area (Å²) in [5.74, 6) is -0.705. The maximum absolute atomic E-state index is 14.4. The van der Waals surface area contributed by atoms with E-state index in [1.165, 1.54) is 11.6 Å². The van der Waals surface area contributed by atoms with Crippen LogP contribution >= 0.6 is 0 Å². The Bertz CT molecular complexity index is 1300. The molecule has 1 unspecified atom stereocenters. The Labute approximate surface area is 235 Å². The van der Waals surface area contributed by atoms with Crippen molar-refractivity contribution in [1.29, 1.82) is 0 Å². The molecule has 40 heavy (non-hydrogen) atoms. The summed E-state index contributed by atoms with van der Waals surface area (Å²) in [6, 6.07) is 10.2.